The molecule has 0 aliphatic rings. The number of hydrogen-bond acceptors (Lipinski definition) is 5. The van der Waals surface area contributed by atoms with Gasteiger partial charge in [-0.05, 0) is 60.7 Å². The standard InChI is InChI=1S/C24H27N3O5S2/c1-4-27(5-2)34(31,32)23-17-13-20(14-18-23)25-24(28)19-11-15-21(16-12-19)26(3)33(29,30)22-9-7-6-8-10-22/h6-18H,4-5H2,1-3H3,(H,25,28). The number of amides is 1. The second-order valence-corrected chi connectivity index (χ2v) is 11.3. The molecule has 0 aromatic heterocycles. The number of benzene rings is 3. The topological polar surface area (TPSA) is 104 Å². The molecule has 10 heteroatoms. The number of nitrogens with zero attached hydrogens (tertiary/aromatic N) is 2. The van der Waals surface area contributed by atoms with Gasteiger partial charge in [0.25, 0.3) is 15.9 Å². The molecule has 0 radical (unpaired) electrons. The highest BCUT2D eigenvalue weighted by Crippen LogP contribution is 2.23. The summed E-state index contributed by atoms with van der Waals surface area (Å²) in [5, 5.41) is 2.72. The van der Waals surface area contributed by atoms with Crippen molar-refractivity contribution >= 4 is 37.3 Å². The summed E-state index contributed by atoms with van der Waals surface area (Å²) in [6.07, 6.45) is 0. The van der Waals surface area contributed by atoms with E-state index >= 15 is 0 Å². The number of sulfonamides is 2. The normalized spacial score (nSPS) is 11.9. The fourth-order valence-corrected chi connectivity index (χ4v) is 6.01. The van der Waals surface area contributed by atoms with Crippen molar-refractivity contribution in [1.29, 1.82) is 0 Å². The van der Waals surface area contributed by atoms with E-state index in [4.69, 9.17) is 0 Å². The first-order valence-corrected chi connectivity index (χ1v) is 13.5. The maximum absolute atomic E-state index is 12.8. The van der Waals surface area contributed by atoms with E-state index in [1.807, 2.05) is 0 Å². The van der Waals surface area contributed by atoms with Crippen molar-refractivity contribution in [2.24, 2.45) is 0 Å². The molecule has 0 atom stereocenters. The molecule has 0 spiro atoms. The first-order chi connectivity index (χ1) is 16.1. The van der Waals surface area contributed by atoms with Gasteiger partial charge in [-0.2, -0.15) is 4.31 Å². The molecule has 3 aromatic rings. The van der Waals surface area contributed by atoms with E-state index in [-0.39, 0.29) is 9.79 Å². The summed E-state index contributed by atoms with van der Waals surface area (Å²) >= 11 is 0. The Morgan fingerprint density at radius 2 is 1.26 bits per heavy atom. The zero-order chi connectivity index (χ0) is 24.9. The highest BCUT2D eigenvalue weighted by atomic mass is 32.2. The maximum Gasteiger partial charge on any atom is 0.264 e. The molecule has 180 valence electrons. The first kappa shape index (κ1) is 25.4. The maximum atomic E-state index is 12.8. The SMILES string of the molecule is CCN(CC)S(=O)(=O)c1ccc(NC(=O)c2ccc(N(C)S(=O)(=O)c3ccccc3)cc2)cc1. The Labute approximate surface area is 200 Å². The molecule has 34 heavy (non-hydrogen) atoms. The van der Waals surface area contributed by atoms with Crippen molar-refractivity contribution in [3.8, 4) is 0 Å². The van der Waals surface area contributed by atoms with Crippen molar-refractivity contribution in [3.63, 3.8) is 0 Å². The summed E-state index contributed by atoms with van der Waals surface area (Å²) in [6, 6.07) is 20.2. The molecule has 3 aromatic carbocycles. The van der Waals surface area contributed by atoms with Gasteiger partial charge in [0.2, 0.25) is 10.0 Å². The van der Waals surface area contributed by atoms with Crippen LogP contribution in [0.4, 0.5) is 11.4 Å². The number of nitrogens with one attached hydrogen (secondary N) is 1. The van der Waals surface area contributed by atoms with Crippen LogP contribution in [-0.4, -0.2) is 47.2 Å². The first-order valence-electron chi connectivity index (χ1n) is 10.7. The molecule has 0 fully saturated rings. The summed E-state index contributed by atoms with van der Waals surface area (Å²) in [5.74, 6) is -0.403. The van der Waals surface area contributed by atoms with E-state index in [1.54, 1.807) is 44.2 Å². The minimum Gasteiger partial charge on any atom is -0.322 e. The van der Waals surface area contributed by atoms with Crippen LogP contribution in [0.25, 0.3) is 0 Å². The van der Waals surface area contributed by atoms with Crippen LogP contribution in [0.15, 0.2) is 88.7 Å². The van der Waals surface area contributed by atoms with Gasteiger partial charge in [-0.15, -0.1) is 0 Å². The summed E-state index contributed by atoms with van der Waals surface area (Å²) in [6.45, 7) is 4.29. The third-order valence-corrected chi connectivity index (χ3v) is 9.21. The number of hydrogen-bond donors (Lipinski definition) is 1. The number of carbonyl (C=O) groups excluding carboxylic acids is 1. The molecule has 1 amide bonds. The Morgan fingerprint density at radius 3 is 1.79 bits per heavy atom. The minimum atomic E-state index is -3.72. The third-order valence-electron chi connectivity index (χ3n) is 5.35. The van der Waals surface area contributed by atoms with Crippen LogP contribution in [-0.2, 0) is 20.0 Å². The van der Waals surface area contributed by atoms with Gasteiger partial charge in [0.05, 0.1) is 15.5 Å². The average Bonchev–Trinajstić information content (AvgIpc) is 2.85. The second-order valence-electron chi connectivity index (χ2n) is 7.40. The van der Waals surface area contributed by atoms with Crippen LogP contribution >= 0.6 is 0 Å². The second kappa shape index (κ2) is 10.4. The van der Waals surface area contributed by atoms with E-state index in [1.165, 1.54) is 59.9 Å². The van der Waals surface area contributed by atoms with Crippen molar-refractivity contribution in [1.82, 2.24) is 4.31 Å². The average molecular weight is 502 g/mol. The van der Waals surface area contributed by atoms with E-state index in [2.05, 4.69) is 5.32 Å². The predicted molar refractivity (Wildman–Crippen MR) is 133 cm³/mol. The van der Waals surface area contributed by atoms with Crippen LogP contribution in [0.3, 0.4) is 0 Å². The van der Waals surface area contributed by atoms with Crippen molar-refractivity contribution in [3.05, 3.63) is 84.4 Å². The molecule has 0 saturated heterocycles. The largest absolute Gasteiger partial charge is 0.322 e. The molecule has 0 unspecified atom stereocenters. The molecular weight excluding hydrogens is 474 g/mol. The highest BCUT2D eigenvalue weighted by Gasteiger charge is 2.22. The monoisotopic (exact) mass is 501 g/mol. The van der Waals surface area contributed by atoms with Gasteiger partial charge in [-0.1, -0.05) is 32.0 Å². The summed E-state index contributed by atoms with van der Waals surface area (Å²) < 4.78 is 53.2. The lowest BCUT2D eigenvalue weighted by Crippen LogP contribution is -2.30. The number of carbonyl (C=O) groups is 1. The van der Waals surface area contributed by atoms with Gasteiger partial charge >= 0.3 is 0 Å². The van der Waals surface area contributed by atoms with E-state index < -0.39 is 26.0 Å². The lowest BCUT2D eigenvalue weighted by Gasteiger charge is -2.20. The van der Waals surface area contributed by atoms with Gasteiger partial charge in [0.15, 0.2) is 0 Å². The molecule has 3 rings (SSSR count). The van der Waals surface area contributed by atoms with Gasteiger partial charge in [-0.25, -0.2) is 16.8 Å². The summed E-state index contributed by atoms with van der Waals surface area (Å²) in [4.78, 5) is 13.0. The minimum absolute atomic E-state index is 0.154. The van der Waals surface area contributed by atoms with E-state index in [0.29, 0.717) is 30.0 Å². The third kappa shape index (κ3) is 5.30. The van der Waals surface area contributed by atoms with Gasteiger partial charge in [0.1, 0.15) is 0 Å². The molecule has 0 saturated carbocycles. The molecule has 0 aliphatic carbocycles. The number of rotatable bonds is 9. The molecule has 0 bridgehead atoms. The van der Waals surface area contributed by atoms with Gasteiger partial charge in [-0.3, -0.25) is 9.10 Å². The number of anilines is 2. The molecule has 0 aliphatic heterocycles. The van der Waals surface area contributed by atoms with Crippen molar-refractivity contribution < 1.29 is 21.6 Å². The Balaban J connectivity index is 1.72. The van der Waals surface area contributed by atoms with Crippen LogP contribution in [0.1, 0.15) is 24.2 Å². The summed E-state index contributed by atoms with van der Waals surface area (Å²) in [5.41, 5.74) is 1.18. The van der Waals surface area contributed by atoms with Crippen molar-refractivity contribution in [2.75, 3.05) is 29.8 Å². The Bertz CT molecular complexity index is 1340. The smallest absolute Gasteiger partial charge is 0.264 e. The van der Waals surface area contributed by atoms with Crippen molar-refractivity contribution in [2.45, 2.75) is 23.6 Å². The molecular formula is C24H27N3O5S2. The fraction of sp³-hybridized carbons (Fsp3) is 0.208. The van der Waals surface area contributed by atoms with E-state index in [9.17, 15) is 21.6 Å². The van der Waals surface area contributed by atoms with E-state index in [0.717, 1.165) is 4.31 Å². The predicted octanol–water partition coefficient (Wildman–Crippen LogP) is 3.79. The Morgan fingerprint density at radius 1 is 0.735 bits per heavy atom. The quantitative estimate of drug-likeness (QED) is 0.480. The van der Waals surface area contributed by atoms with Crippen LogP contribution < -0.4 is 9.62 Å². The van der Waals surface area contributed by atoms with Crippen LogP contribution in [0.2, 0.25) is 0 Å². The summed E-state index contributed by atoms with van der Waals surface area (Å²) in [7, 11) is -5.85. The zero-order valence-corrected chi connectivity index (χ0v) is 20.8. The molecule has 8 nitrogen and oxygen atoms in total. The lowest BCUT2D eigenvalue weighted by atomic mass is 10.2. The van der Waals surface area contributed by atoms with Crippen LogP contribution in [0.5, 0.6) is 0 Å². The van der Waals surface area contributed by atoms with Crippen LogP contribution in [0, 0.1) is 0 Å². The van der Waals surface area contributed by atoms with Gasteiger partial charge < -0.3 is 5.32 Å². The molecule has 1 N–H and O–H groups in total. The molecule has 0 heterocycles. The zero-order valence-electron chi connectivity index (χ0n) is 19.2. The fourth-order valence-electron chi connectivity index (χ4n) is 3.34. The highest BCUT2D eigenvalue weighted by molar-refractivity contribution is 7.92. The Hall–Kier alpha value is -3.21. The Kier molecular flexibility index (Phi) is 7.75. The van der Waals surface area contributed by atoms with Gasteiger partial charge in [0, 0.05) is 31.4 Å². The lowest BCUT2D eigenvalue weighted by molar-refractivity contribution is 0.102.